The standard InChI is InChI=1S/C17H11BrO2/c18-15-8-6-13(7-9-15)16-11-14(17(19)20-16)10-12-4-2-1-3-5-12/h1-11H. The van der Waals surface area contributed by atoms with E-state index in [1.165, 1.54) is 0 Å². The van der Waals surface area contributed by atoms with Gasteiger partial charge in [-0.3, -0.25) is 0 Å². The van der Waals surface area contributed by atoms with E-state index in [1.54, 1.807) is 6.08 Å². The molecular formula is C17H11BrO2. The van der Waals surface area contributed by atoms with Crippen LogP contribution in [0.15, 0.2) is 70.7 Å². The number of carbonyl (C=O) groups excluding carboxylic acids is 1. The minimum Gasteiger partial charge on any atom is -0.422 e. The second-order valence-corrected chi connectivity index (χ2v) is 5.33. The average Bonchev–Trinajstić information content (AvgIpc) is 2.82. The number of benzene rings is 2. The van der Waals surface area contributed by atoms with Gasteiger partial charge in [0.25, 0.3) is 0 Å². The van der Waals surface area contributed by atoms with Crippen molar-refractivity contribution in [1.29, 1.82) is 0 Å². The molecule has 0 fully saturated rings. The van der Waals surface area contributed by atoms with Gasteiger partial charge < -0.3 is 4.74 Å². The Kier molecular flexibility index (Phi) is 3.52. The quantitative estimate of drug-likeness (QED) is 0.602. The van der Waals surface area contributed by atoms with Crippen molar-refractivity contribution in [1.82, 2.24) is 0 Å². The van der Waals surface area contributed by atoms with Gasteiger partial charge in [0.05, 0.1) is 5.57 Å². The van der Waals surface area contributed by atoms with Gasteiger partial charge in [-0.2, -0.15) is 0 Å². The number of rotatable bonds is 2. The molecule has 0 amide bonds. The molecule has 0 aliphatic carbocycles. The molecule has 98 valence electrons. The molecule has 2 nitrogen and oxygen atoms in total. The average molecular weight is 327 g/mol. The van der Waals surface area contributed by atoms with Crippen LogP contribution in [0.3, 0.4) is 0 Å². The molecule has 1 heterocycles. The largest absolute Gasteiger partial charge is 0.422 e. The van der Waals surface area contributed by atoms with E-state index in [1.807, 2.05) is 60.7 Å². The molecule has 1 aliphatic heterocycles. The highest BCUT2D eigenvalue weighted by Gasteiger charge is 2.21. The van der Waals surface area contributed by atoms with Crippen molar-refractivity contribution in [2.75, 3.05) is 0 Å². The number of hydrogen-bond donors (Lipinski definition) is 0. The lowest BCUT2D eigenvalue weighted by atomic mass is 10.1. The van der Waals surface area contributed by atoms with Crippen LogP contribution in [-0.4, -0.2) is 5.97 Å². The molecule has 20 heavy (non-hydrogen) atoms. The van der Waals surface area contributed by atoms with E-state index >= 15 is 0 Å². The molecule has 2 aromatic rings. The third kappa shape index (κ3) is 2.73. The smallest absolute Gasteiger partial charge is 0.343 e. The summed E-state index contributed by atoms with van der Waals surface area (Å²) in [7, 11) is 0. The van der Waals surface area contributed by atoms with Crippen LogP contribution in [0, 0.1) is 0 Å². The van der Waals surface area contributed by atoms with Gasteiger partial charge in [0.2, 0.25) is 0 Å². The van der Waals surface area contributed by atoms with Crippen molar-refractivity contribution in [3.05, 3.63) is 81.8 Å². The molecule has 0 unspecified atom stereocenters. The van der Waals surface area contributed by atoms with Crippen LogP contribution in [0.2, 0.25) is 0 Å². The van der Waals surface area contributed by atoms with Gasteiger partial charge in [-0.05, 0) is 29.8 Å². The van der Waals surface area contributed by atoms with Crippen LogP contribution < -0.4 is 0 Å². The minimum atomic E-state index is -0.313. The predicted octanol–water partition coefficient (Wildman–Crippen LogP) is 4.43. The Balaban J connectivity index is 1.93. The summed E-state index contributed by atoms with van der Waals surface area (Å²) in [5.41, 5.74) is 2.43. The van der Waals surface area contributed by atoms with Crippen molar-refractivity contribution in [3.8, 4) is 0 Å². The zero-order chi connectivity index (χ0) is 13.9. The summed E-state index contributed by atoms with van der Waals surface area (Å²) in [6.07, 6.45) is 3.60. The summed E-state index contributed by atoms with van der Waals surface area (Å²) in [4.78, 5) is 11.9. The molecule has 0 N–H and O–H groups in total. The van der Waals surface area contributed by atoms with Crippen LogP contribution in [0.4, 0.5) is 0 Å². The van der Waals surface area contributed by atoms with E-state index in [0.717, 1.165) is 15.6 Å². The normalized spacial score (nSPS) is 16.1. The second kappa shape index (κ2) is 5.47. The number of cyclic esters (lactones) is 1. The molecule has 0 bridgehead atoms. The topological polar surface area (TPSA) is 26.3 Å². The maximum Gasteiger partial charge on any atom is 0.343 e. The first kappa shape index (κ1) is 12.9. The Labute approximate surface area is 125 Å². The molecule has 3 rings (SSSR count). The molecule has 0 aromatic heterocycles. The molecule has 0 saturated carbocycles. The molecule has 2 aromatic carbocycles. The fraction of sp³-hybridized carbons (Fsp3) is 0. The van der Waals surface area contributed by atoms with E-state index in [-0.39, 0.29) is 5.97 Å². The third-order valence-corrected chi connectivity index (χ3v) is 3.50. The Hall–Kier alpha value is -2.13. The van der Waals surface area contributed by atoms with Gasteiger partial charge in [-0.15, -0.1) is 0 Å². The summed E-state index contributed by atoms with van der Waals surface area (Å²) < 4.78 is 6.30. The summed E-state index contributed by atoms with van der Waals surface area (Å²) in [6, 6.07) is 17.4. The van der Waals surface area contributed by atoms with E-state index in [9.17, 15) is 4.79 Å². The fourth-order valence-electron chi connectivity index (χ4n) is 1.97. The number of carbonyl (C=O) groups is 1. The molecule has 1 aliphatic rings. The summed E-state index contributed by atoms with van der Waals surface area (Å²) in [5, 5.41) is 0. The highest BCUT2D eigenvalue weighted by Crippen LogP contribution is 2.28. The first-order chi connectivity index (χ1) is 9.72. The Morgan fingerprint density at radius 2 is 1.65 bits per heavy atom. The Bertz CT molecular complexity index is 698. The van der Waals surface area contributed by atoms with Crippen molar-refractivity contribution >= 4 is 33.7 Å². The highest BCUT2D eigenvalue weighted by molar-refractivity contribution is 9.10. The van der Waals surface area contributed by atoms with E-state index in [4.69, 9.17) is 4.74 Å². The van der Waals surface area contributed by atoms with Crippen molar-refractivity contribution in [3.63, 3.8) is 0 Å². The van der Waals surface area contributed by atoms with Gasteiger partial charge in [-0.25, -0.2) is 4.79 Å². The third-order valence-electron chi connectivity index (χ3n) is 2.98. The van der Waals surface area contributed by atoms with Crippen LogP contribution in [-0.2, 0) is 9.53 Å². The monoisotopic (exact) mass is 326 g/mol. The number of ether oxygens (including phenoxy) is 1. The first-order valence-corrected chi connectivity index (χ1v) is 6.98. The van der Waals surface area contributed by atoms with Crippen LogP contribution in [0.5, 0.6) is 0 Å². The predicted molar refractivity (Wildman–Crippen MR) is 82.6 cm³/mol. The van der Waals surface area contributed by atoms with Gasteiger partial charge in [0.15, 0.2) is 0 Å². The van der Waals surface area contributed by atoms with Crippen LogP contribution in [0.1, 0.15) is 11.1 Å². The fourth-order valence-corrected chi connectivity index (χ4v) is 2.24. The number of esters is 1. The van der Waals surface area contributed by atoms with Crippen LogP contribution in [0.25, 0.3) is 11.8 Å². The highest BCUT2D eigenvalue weighted by atomic mass is 79.9. The maximum absolute atomic E-state index is 11.9. The Morgan fingerprint density at radius 1 is 0.950 bits per heavy atom. The summed E-state index contributed by atoms with van der Waals surface area (Å²) in [5.74, 6) is 0.274. The van der Waals surface area contributed by atoms with Crippen LogP contribution >= 0.6 is 15.9 Å². The van der Waals surface area contributed by atoms with Crippen molar-refractivity contribution in [2.24, 2.45) is 0 Å². The van der Waals surface area contributed by atoms with Crippen molar-refractivity contribution in [2.45, 2.75) is 0 Å². The molecule has 3 heteroatoms. The Morgan fingerprint density at radius 3 is 2.35 bits per heavy atom. The minimum absolute atomic E-state index is 0.313. The van der Waals surface area contributed by atoms with E-state index < -0.39 is 0 Å². The van der Waals surface area contributed by atoms with E-state index in [2.05, 4.69) is 15.9 Å². The molecule has 0 atom stereocenters. The summed E-state index contributed by atoms with van der Waals surface area (Å²) in [6.45, 7) is 0. The molecule has 0 radical (unpaired) electrons. The SMILES string of the molecule is O=C1OC(c2ccc(Br)cc2)=CC1=Cc1ccccc1. The molecular weight excluding hydrogens is 316 g/mol. The van der Waals surface area contributed by atoms with Gasteiger partial charge in [0.1, 0.15) is 5.76 Å². The zero-order valence-electron chi connectivity index (χ0n) is 10.5. The van der Waals surface area contributed by atoms with Crippen molar-refractivity contribution < 1.29 is 9.53 Å². The summed E-state index contributed by atoms with van der Waals surface area (Å²) >= 11 is 3.38. The van der Waals surface area contributed by atoms with Gasteiger partial charge >= 0.3 is 5.97 Å². The lowest BCUT2D eigenvalue weighted by Gasteiger charge is -2.01. The number of hydrogen-bond acceptors (Lipinski definition) is 2. The first-order valence-electron chi connectivity index (χ1n) is 6.19. The lowest BCUT2D eigenvalue weighted by molar-refractivity contribution is -0.130. The molecule has 0 spiro atoms. The van der Waals surface area contributed by atoms with E-state index in [0.29, 0.717) is 11.3 Å². The zero-order valence-corrected chi connectivity index (χ0v) is 12.1. The maximum atomic E-state index is 11.9. The van der Waals surface area contributed by atoms with Gasteiger partial charge in [0, 0.05) is 10.0 Å². The number of halogens is 1. The molecule has 0 saturated heterocycles. The second-order valence-electron chi connectivity index (χ2n) is 4.42. The lowest BCUT2D eigenvalue weighted by Crippen LogP contribution is -1.97. The van der Waals surface area contributed by atoms with Gasteiger partial charge in [-0.1, -0.05) is 58.4 Å².